The summed E-state index contributed by atoms with van der Waals surface area (Å²) < 4.78 is 23.4. The van der Waals surface area contributed by atoms with Gasteiger partial charge in [-0.2, -0.15) is 0 Å². The molecule has 0 aromatic heterocycles. The quantitative estimate of drug-likeness (QED) is 0.813. The normalized spacial score (nSPS) is 12.7. The van der Waals surface area contributed by atoms with Gasteiger partial charge in [0.05, 0.1) is 17.4 Å². The van der Waals surface area contributed by atoms with Crippen molar-refractivity contribution < 1.29 is 13.2 Å². The minimum atomic E-state index is -3.70. The molecule has 0 spiro atoms. The second-order valence-electron chi connectivity index (χ2n) is 5.21. The number of carbonyl (C=O) groups is 1. The number of benzene rings is 2. The molecule has 0 fully saturated rings. The van der Waals surface area contributed by atoms with Crippen molar-refractivity contribution in [1.29, 1.82) is 0 Å². The van der Waals surface area contributed by atoms with Crippen LogP contribution in [0, 0.1) is 0 Å². The molecule has 0 radical (unpaired) electrons. The molecule has 0 aliphatic heterocycles. The van der Waals surface area contributed by atoms with E-state index in [1.54, 1.807) is 12.1 Å². The summed E-state index contributed by atoms with van der Waals surface area (Å²) in [7, 11) is -3.70. The highest BCUT2D eigenvalue weighted by atomic mass is 79.9. The fourth-order valence-corrected chi connectivity index (χ4v) is 2.89. The molecule has 0 unspecified atom stereocenters. The summed E-state index contributed by atoms with van der Waals surface area (Å²) in [5, 5.41) is 7.95. The predicted octanol–water partition coefficient (Wildman–Crippen LogP) is 2.52. The Hall–Kier alpha value is -1.70. The second kappa shape index (κ2) is 7.25. The lowest BCUT2D eigenvalue weighted by Gasteiger charge is -2.15. The number of nitrogens with two attached hydrogens (primary N) is 1. The fourth-order valence-electron chi connectivity index (χ4n) is 2.11. The van der Waals surface area contributed by atoms with Gasteiger partial charge < -0.3 is 5.32 Å². The molecule has 0 saturated carbocycles. The lowest BCUT2D eigenvalue weighted by atomic mass is 10.1. The zero-order chi connectivity index (χ0) is 17.0. The smallest absolute Gasteiger partial charge is 0.238 e. The SMILES string of the molecule is C[C@H](NC(=O)Cc1ccc(Br)cc1)c1ccc(S(N)(=O)=O)cc1. The maximum Gasteiger partial charge on any atom is 0.238 e. The van der Waals surface area contributed by atoms with Crippen LogP contribution >= 0.6 is 15.9 Å². The van der Waals surface area contributed by atoms with Crippen molar-refractivity contribution in [2.24, 2.45) is 5.14 Å². The minimum Gasteiger partial charge on any atom is -0.349 e. The third-order valence-corrected chi connectivity index (χ3v) is 4.82. The Morgan fingerprint density at radius 1 is 1.13 bits per heavy atom. The van der Waals surface area contributed by atoms with Crippen molar-refractivity contribution in [3.05, 3.63) is 64.1 Å². The summed E-state index contributed by atoms with van der Waals surface area (Å²) >= 11 is 3.35. The van der Waals surface area contributed by atoms with Crippen LogP contribution in [0.1, 0.15) is 24.1 Å². The molecule has 1 amide bonds. The monoisotopic (exact) mass is 396 g/mol. The van der Waals surface area contributed by atoms with E-state index in [4.69, 9.17) is 5.14 Å². The number of hydrogen-bond donors (Lipinski definition) is 2. The number of carbonyl (C=O) groups excluding carboxylic acids is 1. The summed E-state index contributed by atoms with van der Waals surface area (Å²) in [6.45, 7) is 1.84. The minimum absolute atomic E-state index is 0.0506. The number of halogens is 1. The van der Waals surface area contributed by atoms with Gasteiger partial charge in [0.15, 0.2) is 0 Å². The Labute approximate surface area is 144 Å². The van der Waals surface area contributed by atoms with Gasteiger partial charge >= 0.3 is 0 Å². The molecule has 2 aromatic carbocycles. The van der Waals surface area contributed by atoms with Crippen LogP contribution < -0.4 is 10.5 Å². The molecule has 0 bridgehead atoms. The van der Waals surface area contributed by atoms with Gasteiger partial charge in [-0.15, -0.1) is 0 Å². The Morgan fingerprint density at radius 2 is 1.70 bits per heavy atom. The average Bonchev–Trinajstić information content (AvgIpc) is 2.49. The van der Waals surface area contributed by atoms with E-state index in [1.165, 1.54) is 12.1 Å². The molecular formula is C16H17BrN2O3S. The Kier molecular flexibility index (Phi) is 5.56. The number of amides is 1. The van der Waals surface area contributed by atoms with Crippen LogP contribution in [0.2, 0.25) is 0 Å². The van der Waals surface area contributed by atoms with E-state index in [9.17, 15) is 13.2 Å². The van der Waals surface area contributed by atoms with Crippen molar-refractivity contribution in [3.63, 3.8) is 0 Å². The van der Waals surface area contributed by atoms with Gasteiger partial charge in [0.2, 0.25) is 15.9 Å². The first-order chi connectivity index (χ1) is 10.8. The van der Waals surface area contributed by atoms with Crippen LogP contribution in [-0.4, -0.2) is 14.3 Å². The molecule has 5 nitrogen and oxygen atoms in total. The molecule has 122 valence electrons. The average molecular weight is 397 g/mol. The van der Waals surface area contributed by atoms with Gasteiger partial charge in [-0.3, -0.25) is 4.79 Å². The number of sulfonamides is 1. The summed E-state index contributed by atoms with van der Waals surface area (Å²) in [6.07, 6.45) is 0.285. The highest BCUT2D eigenvalue weighted by Gasteiger charge is 2.12. The highest BCUT2D eigenvalue weighted by molar-refractivity contribution is 9.10. The Bertz CT molecular complexity index is 787. The van der Waals surface area contributed by atoms with Crippen LogP contribution in [0.15, 0.2) is 57.9 Å². The molecule has 1 atom stereocenters. The van der Waals surface area contributed by atoms with Crippen molar-refractivity contribution in [2.75, 3.05) is 0 Å². The zero-order valence-electron chi connectivity index (χ0n) is 12.5. The topological polar surface area (TPSA) is 89.3 Å². The lowest BCUT2D eigenvalue weighted by molar-refractivity contribution is -0.121. The highest BCUT2D eigenvalue weighted by Crippen LogP contribution is 2.16. The molecule has 0 heterocycles. The molecule has 0 aliphatic carbocycles. The number of hydrogen-bond acceptors (Lipinski definition) is 3. The van der Waals surface area contributed by atoms with Gasteiger partial charge in [0, 0.05) is 4.47 Å². The van der Waals surface area contributed by atoms with E-state index >= 15 is 0 Å². The maximum absolute atomic E-state index is 12.1. The fraction of sp³-hybridized carbons (Fsp3) is 0.188. The van der Waals surface area contributed by atoms with Crippen molar-refractivity contribution >= 4 is 31.9 Å². The van der Waals surface area contributed by atoms with E-state index < -0.39 is 10.0 Å². The Balaban J connectivity index is 1.99. The van der Waals surface area contributed by atoms with Crippen LogP contribution in [0.4, 0.5) is 0 Å². The van der Waals surface area contributed by atoms with Gasteiger partial charge in [-0.1, -0.05) is 40.2 Å². The van der Waals surface area contributed by atoms with Crippen molar-refractivity contribution in [2.45, 2.75) is 24.3 Å². The first-order valence-corrected chi connectivity index (χ1v) is 9.26. The van der Waals surface area contributed by atoms with Gasteiger partial charge in [0.1, 0.15) is 0 Å². The summed E-state index contributed by atoms with van der Waals surface area (Å²) in [5.41, 5.74) is 1.73. The molecule has 23 heavy (non-hydrogen) atoms. The largest absolute Gasteiger partial charge is 0.349 e. The number of nitrogens with one attached hydrogen (secondary N) is 1. The molecular weight excluding hydrogens is 380 g/mol. The number of rotatable bonds is 5. The predicted molar refractivity (Wildman–Crippen MR) is 92.2 cm³/mol. The van der Waals surface area contributed by atoms with Crippen molar-refractivity contribution in [1.82, 2.24) is 5.32 Å². The first-order valence-electron chi connectivity index (χ1n) is 6.92. The third kappa shape index (κ3) is 5.16. The molecule has 3 N–H and O–H groups in total. The summed E-state index contributed by atoms with van der Waals surface area (Å²) in [5.74, 6) is -0.102. The lowest BCUT2D eigenvalue weighted by Crippen LogP contribution is -2.28. The van der Waals surface area contributed by atoms with Gasteiger partial charge in [0.25, 0.3) is 0 Å². The van der Waals surface area contributed by atoms with E-state index in [0.29, 0.717) is 0 Å². The van der Waals surface area contributed by atoms with Gasteiger partial charge in [-0.05, 0) is 42.3 Å². The third-order valence-electron chi connectivity index (χ3n) is 3.36. The van der Waals surface area contributed by atoms with E-state index in [2.05, 4.69) is 21.2 Å². The Morgan fingerprint density at radius 3 is 2.22 bits per heavy atom. The second-order valence-corrected chi connectivity index (χ2v) is 7.68. The van der Waals surface area contributed by atoms with Gasteiger partial charge in [-0.25, -0.2) is 13.6 Å². The van der Waals surface area contributed by atoms with E-state index in [-0.39, 0.29) is 23.3 Å². The van der Waals surface area contributed by atoms with Crippen molar-refractivity contribution in [3.8, 4) is 0 Å². The molecule has 0 saturated heterocycles. The van der Waals surface area contributed by atoms with Crippen LogP contribution in [0.5, 0.6) is 0 Å². The van der Waals surface area contributed by atoms with Crippen LogP contribution in [-0.2, 0) is 21.2 Å². The first kappa shape index (κ1) is 17.7. The summed E-state index contributed by atoms with van der Waals surface area (Å²) in [6, 6.07) is 13.5. The number of primary sulfonamides is 1. The van der Waals surface area contributed by atoms with E-state index in [1.807, 2.05) is 31.2 Å². The van der Waals surface area contributed by atoms with Crippen LogP contribution in [0.3, 0.4) is 0 Å². The van der Waals surface area contributed by atoms with E-state index in [0.717, 1.165) is 15.6 Å². The molecule has 2 aromatic rings. The molecule has 2 rings (SSSR count). The standard InChI is InChI=1S/C16H17BrN2O3S/c1-11(13-4-8-15(9-5-13)23(18,21)22)19-16(20)10-12-2-6-14(17)7-3-12/h2-9,11H,10H2,1H3,(H,19,20)(H2,18,21,22)/t11-/m0/s1. The molecule has 7 heteroatoms. The zero-order valence-corrected chi connectivity index (χ0v) is 14.9. The maximum atomic E-state index is 12.1. The van der Waals surface area contributed by atoms with Crippen LogP contribution in [0.25, 0.3) is 0 Å². The summed E-state index contributed by atoms with van der Waals surface area (Å²) in [4.78, 5) is 12.1. The molecule has 0 aliphatic rings.